The first kappa shape index (κ1) is 25.4. The van der Waals surface area contributed by atoms with Crippen LogP contribution in [0.2, 0.25) is 0 Å². The van der Waals surface area contributed by atoms with Gasteiger partial charge in [-0.25, -0.2) is 8.42 Å². The van der Waals surface area contributed by atoms with E-state index in [2.05, 4.69) is 4.90 Å². The van der Waals surface area contributed by atoms with Crippen LogP contribution in [0.4, 0.5) is 11.4 Å². The highest BCUT2D eigenvalue weighted by Gasteiger charge is 2.26. The van der Waals surface area contributed by atoms with Crippen molar-refractivity contribution in [1.82, 2.24) is 0 Å². The smallest absolute Gasteiger partial charge is 0.307 e. The summed E-state index contributed by atoms with van der Waals surface area (Å²) in [7, 11) is -0.412. The summed E-state index contributed by atoms with van der Waals surface area (Å²) in [5.41, 5.74) is 3.20. The highest BCUT2D eigenvalue weighted by atomic mass is 32.2. The number of carbonyl (C=O) groups is 1. The van der Waals surface area contributed by atoms with Crippen LogP contribution in [0.5, 0.6) is 11.5 Å². The van der Waals surface area contributed by atoms with Crippen molar-refractivity contribution in [3.63, 3.8) is 0 Å². The van der Waals surface area contributed by atoms with Gasteiger partial charge < -0.3 is 19.5 Å². The number of rotatable bonds is 8. The van der Waals surface area contributed by atoms with Gasteiger partial charge in [-0.1, -0.05) is 24.3 Å². The zero-order valence-corrected chi connectivity index (χ0v) is 21.6. The molecule has 3 aromatic rings. The van der Waals surface area contributed by atoms with Crippen molar-refractivity contribution >= 4 is 27.4 Å². The first-order valence-corrected chi connectivity index (χ1v) is 13.0. The molecule has 3 aromatic carbocycles. The van der Waals surface area contributed by atoms with E-state index in [0.717, 1.165) is 11.4 Å². The summed E-state index contributed by atoms with van der Waals surface area (Å²) in [5, 5.41) is 9.06. The van der Waals surface area contributed by atoms with Gasteiger partial charge >= 0.3 is 5.97 Å². The Balaban J connectivity index is 1.51. The van der Waals surface area contributed by atoms with Crippen molar-refractivity contribution < 1.29 is 27.8 Å². The maximum Gasteiger partial charge on any atom is 0.307 e. The molecule has 1 atom stereocenters. The predicted octanol–water partition coefficient (Wildman–Crippen LogP) is 4.03. The molecule has 0 radical (unpaired) electrons. The Bertz CT molecular complexity index is 1390. The molecule has 8 nitrogen and oxygen atoms in total. The molecule has 0 saturated heterocycles. The van der Waals surface area contributed by atoms with E-state index >= 15 is 0 Å². The first-order valence-electron chi connectivity index (χ1n) is 11.6. The van der Waals surface area contributed by atoms with Crippen molar-refractivity contribution in [3.8, 4) is 11.5 Å². The summed E-state index contributed by atoms with van der Waals surface area (Å²) in [6.45, 7) is 4.54. The number of anilines is 2. The SMILES string of the molecule is Cc1cc(S(=O)(=O)N(C)c2cccc(CC(=O)O)c2)c(C)cc1OC[C@@H]1CN(C)c2ccccc2O1. The number of carboxylic acid groups (broad SMARTS) is 1. The number of benzene rings is 3. The van der Waals surface area contributed by atoms with Crippen LogP contribution in [0.1, 0.15) is 16.7 Å². The van der Waals surface area contributed by atoms with E-state index in [1.807, 2.05) is 38.2 Å². The second-order valence-electron chi connectivity index (χ2n) is 9.00. The fourth-order valence-electron chi connectivity index (χ4n) is 4.28. The molecule has 0 bridgehead atoms. The molecular formula is C27H30N2O6S. The third-order valence-corrected chi connectivity index (χ3v) is 8.14. The maximum atomic E-state index is 13.5. The van der Waals surface area contributed by atoms with E-state index in [1.165, 1.54) is 11.4 Å². The van der Waals surface area contributed by atoms with Crippen LogP contribution in [0.15, 0.2) is 65.6 Å². The van der Waals surface area contributed by atoms with Crippen LogP contribution in [-0.4, -0.2) is 52.8 Å². The molecule has 1 N–H and O–H groups in total. The summed E-state index contributed by atoms with van der Waals surface area (Å²) >= 11 is 0. The number of fused-ring (bicyclic) bond motifs is 1. The monoisotopic (exact) mass is 510 g/mol. The van der Waals surface area contributed by atoms with Crippen LogP contribution >= 0.6 is 0 Å². The Hall–Kier alpha value is -3.72. The van der Waals surface area contributed by atoms with E-state index in [4.69, 9.17) is 14.6 Å². The largest absolute Gasteiger partial charge is 0.489 e. The number of sulfonamides is 1. The van der Waals surface area contributed by atoms with Crippen LogP contribution in [0, 0.1) is 13.8 Å². The number of hydrogen-bond acceptors (Lipinski definition) is 6. The minimum Gasteiger partial charge on any atom is -0.489 e. The summed E-state index contributed by atoms with van der Waals surface area (Å²) in [5.74, 6) is 0.432. The zero-order chi connectivity index (χ0) is 26.0. The Kier molecular flexibility index (Phi) is 7.12. The van der Waals surface area contributed by atoms with Gasteiger partial charge in [-0.3, -0.25) is 9.10 Å². The zero-order valence-electron chi connectivity index (χ0n) is 20.8. The second kappa shape index (κ2) is 10.1. The molecular weight excluding hydrogens is 480 g/mol. The van der Waals surface area contributed by atoms with Crippen molar-refractivity contribution in [2.24, 2.45) is 0 Å². The second-order valence-corrected chi connectivity index (χ2v) is 10.9. The molecule has 0 spiro atoms. The van der Waals surface area contributed by atoms with Gasteiger partial charge in [-0.05, 0) is 66.9 Å². The lowest BCUT2D eigenvalue weighted by Gasteiger charge is -2.33. The van der Waals surface area contributed by atoms with Gasteiger partial charge in [0, 0.05) is 14.1 Å². The fraction of sp³-hybridized carbons (Fsp3) is 0.296. The highest BCUT2D eigenvalue weighted by Crippen LogP contribution is 2.33. The molecule has 0 fully saturated rings. The van der Waals surface area contributed by atoms with Crippen molar-refractivity contribution in [2.75, 3.05) is 36.5 Å². The molecule has 36 heavy (non-hydrogen) atoms. The van der Waals surface area contributed by atoms with Crippen LogP contribution < -0.4 is 18.7 Å². The van der Waals surface area contributed by atoms with Gasteiger partial charge in [-0.2, -0.15) is 0 Å². The number of aryl methyl sites for hydroxylation is 2. The minimum atomic E-state index is -3.88. The van der Waals surface area contributed by atoms with Crippen LogP contribution in [0.3, 0.4) is 0 Å². The third kappa shape index (κ3) is 5.26. The number of para-hydroxylation sites is 2. The number of aliphatic carboxylic acids is 1. The standard InChI is InChI=1S/C27H30N2O6S/c1-18-13-26(36(32,33)29(4)21-9-7-8-20(14-21)15-27(30)31)19(2)12-25(18)34-17-22-16-28(3)23-10-5-6-11-24(23)35-22/h5-14,22H,15-17H2,1-4H3,(H,30,31)/t22-/m0/s1. The molecule has 1 heterocycles. The minimum absolute atomic E-state index is 0.168. The van der Waals surface area contributed by atoms with Gasteiger partial charge in [0.1, 0.15) is 24.2 Å². The Morgan fingerprint density at radius 3 is 2.61 bits per heavy atom. The Morgan fingerprint density at radius 1 is 1.11 bits per heavy atom. The van der Waals surface area contributed by atoms with E-state index in [0.29, 0.717) is 41.3 Å². The molecule has 1 aliphatic rings. The van der Waals surface area contributed by atoms with E-state index in [-0.39, 0.29) is 17.4 Å². The van der Waals surface area contributed by atoms with Gasteiger partial charge in [-0.15, -0.1) is 0 Å². The van der Waals surface area contributed by atoms with Crippen LogP contribution in [-0.2, 0) is 21.2 Å². The lowest BCUT2D eigenvalue weighted by molar-refractivity contribution is -0.136. The molecule has 0 unspecified atom stereocenters. The van der Waals surface area contributed by atoms with Crippen LogP contribution in [0.25, 0.3) is 0 Å². The van der Waals surface area contributed by atoms with Gasteiger partial charge in [0.2, 0.25) is 0 Å². The lowest BCUT2D eigenvalue weighted by atomic mass is 10.1. The molecule has 1 aliphatic heterocycles. The molecule has 0 saturated carbocycles. The topological polar surface area (TPSA) is 96.4 Å². The number of likely N-dealkylation sites (N-methyl/N-ethyl adjacent to an activating group) is 1. The highest BCUT2D eigenvalue weighted by molar-refractivity contribution is 7.92. The number of nitrogens with zero attached hydrogens (tertiary/aromatic N) is 2. The van der Waals surface area contributed by atoms with Gasteiger partial charge in [0.25, 0.3) is 10.0 Å². The number of hydrogen-bond donors (Lipinski definition) is 1. The van der Waals surface area contributed by atoms with E-state index in [9.17, 15) is 13.2 Å². The normalized spacial score (nSPS) is 15.1. The molecule has 0 aromatic heterocycles. The lowest BCUT2D eigenvalue weighted by Crippen LogP contribution is -2.41. The third-order valence-electron chi connectivity index (χ3n) is 6.21. The first-order chi connectivity index (χ1) is 17.1. The molecule has 190 valence electrons. The van der Waals surface area contributed by atoms with Crippen molar-refractivity contribution in [3.05, 3.63) is 77.4 Å². The molecule has 4 rings (SSSR count). The predicted molar refractivity (Wildman–Crippen MR) is 139 cm³/mol. The summed E-state index contributed by atoms with van der Waals surface area (Å²) < 4.78 is 40.2. The Morgan fingerprint density at radius 2 is 1.86 bits per heavy atom. The quantitative estimate of drug-likeness (QED) is 0.489. The van der Waals surface area contributed by atoms with Crippen molar-refractivity contribution in [2.45, 2.75) is 31.3 Å². The molecule has 9 heteroatoms. The summed E-state index contributed by atoms with van der Waals surface area (Å²) in [6.07, 6.45) is -0.352. The maximum absolute atomic E-state index is 13.5. The number of ether oxygens (including phenoxy) is 2. The summed E-state index contributed by atoms with van der Waals surface area (Å²) in [4.78, 5) is 13.3. The number of carboxylic acids is 1. The molecule has 0 amide bonds. The van der Waals surface area contributed by atoms with E-state index < -0.39 is 16.0 Å². The fourth-order valence-corrected chi connectivity index (χ4v) is 5.76. The molecule has 0 aliphatic carbocycles. The summed E-state index contributed by atoms with van der Waals surface area (Å²) in [6, 6.07) is 17.7. The van der Waals surface area contributed by atoms with E-state index in [1.54, 1.807) is 43.3 Å². The van der Waals surface area contributed by atoms with Gasteiger partial charge in [0.15, 0.2) is 0 Å². The van der Waals surface area contributed by atoms with Gasteiger partial charge in [0.05, 0.1) is 29.2 Å². The Labute approximate surface area is 211 Å². The average molecular weight is 511 g/mol. The van der Waals surface area contributed by atoms with Crippen molar-refractivity contribution in [1.29, 1.82) is 0 Å². The average Bonchev–Trinajstić information content (AvgIpc) is 2.83.